The highest BCUT2D eigenvalue weighted by atomic mass is 15.0. The molecule has 2 heterocycles. The molecule has 0 amide bonds. The molecule has 2 heteroatoms. The fourth-order valence-electron chi connectivity index (χ4n) is 18.1. The first-order chi connectivity index (χ1) is 51.0. The Bertz CT molecular complexity index is 6700. The van der Waals surface area contributed by atoms with Gasteiger partial charge in [-0.05, 0) is 228 Å². The number of rotatable bonds is 8. The van der Waals surface area contributed by atoms with Gasteiger partial charge in [0.05, 0.1) is 38.9 Å². The Morgan fingerprint density at radius 1 is 0.184 bits per heavy atom. The van der Waals surface area contributed by atoms with Crippen molar-refractivity contribution in [2.45, 2.75) is 5.41 Å². The number of hydrogen-bond acceptors (Lipinski definition) is 0. The molecular formula is C101H62N2. The summed E-state index contributed by atoms with van der Waals surface area (Å²) in [6.45, 7) is 0. The minimum Gasteiger partial charge on any atom is -0.309 e. The van der Waals surface area contributed by atoms with Crippen molar-refractivity contribution >= 4 is 133 Å². The first-order valence-electron chi connectivity index (χ1n) is 35.8. The molecule has 2 nitrogen and oxygen atoms in total. The monoisotopic (exact) mass is 1300 g/mol. The zero-order valence-electron chi connectivity index (χ0n) is 56.2. The van der Waals surface area contributed by atoms with Gasteiger partial charge in [-0.25, -0.2) is 0 Å². The summed E-state index contributed by atoms with van der Waals surface area (Å²) in [5.74, 6) is 0. The zero-order valence-corrected chi connectivity index (χ0v) is 56.2. The smallest absolute Gasteiger partial charge is 0.0725 e. The third kappa shape index (κ3) is 8.68. The summed E-state index contributed by atoms with van der Waals surface area (Å²) in [6.07, 6.45) is 9.18. The topological polar surface area (TPSA) is 9.86 Å². The van der Waals surface area contributed by atoms with Crippen LogP contribution in [0.2, 0.25) is 0 Å². The lowest BCUT2D eigenvalue weighted by atomic mass is 9.70. The van der Waals surface area contributed by atoms with E-state index < -0.39 is 5.41 Å². The summed E-state index contributed by atoms with van der Waals surface area (Å²) in [4.78, 5) is 0. The van der Waals surface area contributed by atoms with E-state index in [9.17, 15) is 0 Å². The number of nitrogens with zero attached hydrogens (tertiary/aromatic N) is 2. The molecule has 2 aliphatic carbocycles. The van der Waals surface area contributed by atoms with E-state index in [2.05, 4.69) is 385 Å². The summed E-state index contributed by atoms with van der Waals surface area (Å²) >= 11 is 0. The van der Waals surface area contributed by atoms with Crippen LogP contribution in [-0.2, 0) is 5.41 Å². The molecule has 20 aromatic rings. The quantitative estimate of drug-likeness (QED) is 0.106. The molecule has 18 aromatic carbocycles. The van der Waals surface area contributed by atoms with Crippen molar-refractivity contribution in [2.75, 3.05) is 0 Å². The summed E-state index contributed by atoms with van der Waals surface area (Å²) in [7, 11) is 0. The first-order valence-corrected chi connectivity index (χ1v) is 35.8. The van der Waals surface area contributed by atoms with Crippen LogP contribution in [-0.4, -0.2) is 9.13 Å². The van der Waals surface area contributed by atoms with E-state index >= 15 is 0 Å². The van der Waals surface area contributed by atoms with Gasteiger partial charge in [0, 0.05) is 32.3 Å². The Kier molecular flexibility index (Phi) is 12.5. The lowest BCUT2D eigenvalue weighted by Gasteiger charge is -2.30. The van der Waals surface area contributed by atoms with Crippen LogP contribution in [0.15, 0.2) is 352 Å². The van der Waals surface area contributed by atoms with Crippen molar-refractivity contribution in [1.29, 1.82) is 0 Å². The maximum absolute atomic E-state index is 2.47. The molecule has 2 aromatic heterocycles. The van der Waals surface area contributed by atoms with Gasteiger partial charge in [0.1, 0.15) is 0 Å². The molecule has 0 radical (unpaired) electrons. The number of aromatic nitrogens is 2. The standard InChI is InChI=1S/C101H62N2/c1-3-19-77-75(17-1)61-99(85-25-7-5-21-79(77)85)102-95-31-15-11-27-87(95)89-59-73(47-51-97(89)102)71-45-43-67-53-63(37-41-69(67)57-71)33-35-65-39-49-83-84-50-40-66(56-94(84)101(93(83)55-65)91-29-13-9-23-81(91)82-24-10-14-30-92(82)101)36-34-64-38-42-70-58-72(46-44-68(70)54-64)74-48-52-98-90(60-74)88-28-12-16-32-96(88)103(98)100-62-76-18-2-4-20-78(76)80-22-6-8-26-86(80)100/h1-62H. The lowest BCUT2D eigenvalue weighted by molar-refractivity contribution is 0.793. The highest BCUT2D eigenvalue weighted by Gasteiger charge is 2.51. The van der Waals surface area contributed by atoms with Gasteiger partial charge in [-0.15, -0.1) is 0 Å². The van der Waals surface area contributed by atoms with Crippen LogP contribution < -0.4 is 0 Å². The van der Waals surface area contributed by atoms with E-state index in [1.807, 2.05) is 0 Å². The van der Waals surface area contributed by atoms with Crippen molar-refractivity contribution < 1.29 is 0 Å². The first kappa shape index (κ1) is 57.5. The highest BCUT2D eigenvalue weighted by Crippen LogP contribution is 2.63. The Hall–Kier alpha value is -13.4. The normalized spacial score (nSPS) is 13.0. The van der Waals surface area contributed by atoms with Crippen LogP contribution in [0.25, 0.3) is 188 Å². The van der Waals surface area contributed by atoms with Gasteiger partial charge < -0.3 is 9.13 Å². The molecule has 0 saturated heterocycles. The number of benzene rings is 18. The maximum atomic E-state index is 2.47. The minimum atomic E-state index is -0.492. The Balaban J connectivity index is 0.563. The third-order valence-corrected chi connectivity index (χ3v) is 22.8. The van der Waals surface area contributed by atoms with E-state index in [0.29, 0.717) is 0 Å². The van der Waals surface area contributed by atoms with Crippen LogP contribution in [0.1, 0.15) is 44.5 Å². The van der Waals surface area contributed by atoms with Gasteiger partial charge in [-0.2, -0.15) is 0 Å². The molecule has 0 fully saturated rings. The molecule has 103 heavy (non-hydrogen) atoms. The van der Waals surface area contributed by atoms with Crippen LogP contribution in [0, 0.1) is 0 Å². The van der Waals surface area contributed by atoms with Gasteiger partial charge in [0.25, 0.3) is 0 Å². The molecule has 1 spiro atoms. The minimum absolute atomic E-state index is 0.492. The van der Waals surface area contributed by atoms with Crippen molar-refractivity contribution in [3.8, 4) is 55.9 Å². The Morgan fingerprint density at radius 3 is 0.971 bits per heavy atom. The van der Waals surface area contributed by atoms with Crippen LogP contribution in [0.3, 0.4) is 0 Å². The molecule has 0 saturated carbocycles. The number of para-hydroxylation sites is 2. The average molecular weight is 1300 g/mol. The second-order valence-electron chi connectivity index (χ2n) is 28.3. The molecule has 0 atom stereocenters. The average Bonchev–Trinajstić information content (AvgIpc) is 1.51. The largest absolute Gasteiger partial charge is 0.309 e. The second-order valence-corrected chi connectivity index (χ2v) is 28.3. The molecule has 0 unspecified atom stereocenters. The van der Waals surface area contributed by atoms with Crippen molar-refractivity contribution in [3.05, 3.63) is 396 Å². The van der Waals surface area contributed by atoms with Crippen LogP contribution >= 0.6 is 0 Å². The van der Waals surface area contributed by atoms with E-state index in [1.54, 1.807) is 0 Å². The predicted molar refractivity (Wildman–Crippen MR) is 438 cm³/mol. The lowest BCUT2D eigenvalue weighted by Crippen LogP contribution is -2.26. The van der Waals surface area contributed by atoms with Gasteiger partial charge in [-0.1, -0.05) is 291 Å². The molecule has 0 aliphatic heterocycles. The highest BCUT2D eigenvalue weighted by molar-refractivity contribution is 6.18. The summed E-state index contributed by atoms with van der Waals surface area (Å²) in [5, 5.41) is 19.9. The molecule has 0 N–H and O–H groups in total. The van der Waals surface area contributed by atoms with Gasteiger partial charge in [-0.3, -0.25) is 0 Å². The SMILES string of the molecule is C(=Cc1ccc2cc(-c3ccc4c(c3)c3ccccc3n4-c3cc4ccccc4c4ccccc34)ccc2c1)c1ccc2c(c1)C1(c3ccccc3-c3ccccc31)c1cc(C=Cc3ccc4cc(-c5ccc6c(c5)c5ccccc5n6-c5cc6ccccc6c6ccccc56)ccc4c3)ccc1-2. The van der Waals surface area contributed by atoms with Crippen molar-refractivity contribution in [2.24, 2.45) is 0 Å². The maximum Gasteiger partial charge on any atom is 0.0725 e. The van der Waals surface area contributed by atoms with E-state index in [0.717, 1.165) is 0 Å². The van der Waals surface area contributed by atoms with Crippen molar-refractivity contribution in [3.63, 3.8) is 0 Å². The van der Waals surface area contributed by atoms with E-state index in [-0.39, 0.29) is 0 Å². The van der Waals surface area contributed by atoms with Gasteiger partial charge >= 0.3 is 0 Å². The third-order valence-electron chi connectivity index (χ3n) is 22.8. The zero-order chi connectivity index (χ0) is 67.4. The summed E-state index contributed by atoms with van der Waals surface area (Å²) < 4.78 is 4.94. The van der Waals surface area contributed by atoms with Crippen LogP contribution in [0.5, 0.6) is 0 Å². The Morgan fingerprint density at radius 2 is 0.505 bits per heavy atom. The molecule has 476 valence electrons. The summed E-state index contributed by atoms with van der Waals surface area (Å²) in [5.41, 5.74) is 26.7. The molecule has 0 bridgehead atoms. The second kappa shape index (κ2) is 22.3. The van der Waals surface area contributed by atoms with Gasteiger partial charge in [0.2, 0.25) is 0 Å². The van der Waals surface area contributed by atoms with Crippen LogP contribution in [0.4, 0.5) is 0 Å². The van der Waals surface area contributed by atoms with Crippen molar-refractivity contribution in [1.82, 2.24) is 9.13 Å². The molecule has 2 aliphatic rings. The Labute approximate surface area is 595 Å². The molecule has 22 rings (SSSR count). The van der Waals surface area contributed by atoms with Gasteiger partial charge in [0.15, 0.2) is 0 Å². The fraction of sp³-hybridized carbons (Fsp3) is 0.00990. The number of hydrogen-bond donors (Lipinski definition) is 0. The fourth-order valence-corrected chi connectivity index (χ4v) is 18.1. The summed E-state index contributed by atoms with van der Waals surface area (Å²) in [6, 6.07) is 132. The number of fused-ring (bicyclic) bond motifs is 24. The molecular weight excluding hydrogens is 1240 g/mol. The van der Waals surface area contributed by atoms with E-state index in [1.165, 1.54) is 209 Å². The predicted octanol–water partition coefficient (Wildman–Crippen LogP) is 26.8. The van der Waals surface area contributed by atoms with E-state index in [4.69, 9.17) is 0 Å².